The molecule has 0 aromatic heterocycles. The van der Waals surface area contributed by atoms with Gasteiger partial charge >= 0.3 is 0 Å². The molecular formula is C14H11BrN2O3. The van der Waals surface area contributed by atoms with Crippen LogP contribution in [0.1, 0.15) is 15.9 Å². The van der Waals surface area contributed by atoms with Crippen LogP contribution < -0.4 is 5.43 Å². The highest BCUT2D eigenvalue weighted by Crippen LogP contribution is 2.20. The third kappa shape index (κ3) is 3.36. The van der Waals surface area contributed by atoms with Crippen molar-refractivity contribution in [1.29, 1.82) is 0 Å². The number of phenols is 2. The summed E-state index contributed by atoms with van der Waals surface area (Å²) < 4.78 is 0.667. The number of aromatic hydroxyl groups is 2. The zero-order chi connectivity index (χ0) is 14.5. The molecule has 0 fully saturated rings. The van der Waals surface area contributed by atoms with E-state index in [0.717, 1.165) is 0 Å². The van der Waals surface area contributed by atoms with Crippen LogP contribution in [-0.2, 0) is 0 Å². The second kappa shape index (κ2) is 6.21. The predicted octanol–water partition coefficient (Wildman–Crippen LogP) is 2.62. The molecule has 0 spiro atoms. The first-order valence-corrected chi connectivity index (χ1v) is 6.47. The van der Waals surface area contributed by atoms with Gasteiger partial charge in [0.05, 0.1) is 11.8 Å². The van der Waals surface area contributed by atoms with Crippen LogP contribution in [0.25, 0.3) is 0 Å². The normalized spacial score (nSPS) is 10.7. The molecule has 2 aromatic rings. The monoisotopic (exact) mass is 334 g/mol. The number of amides is 1. The van der Waals surface area contributed by atoms with Gasteiger partial charge in [-0.3, -0.25) is 4.79 Å². The molecule has 102 valence electrons. The van der Waals surface area contributed by atoms with Crippen LogP contribution in [0.2, 0.25) is 0 Å². The van der Waals surface area contributed by atoms with Crippen molar-refractivity contribution in [3.63, 3.8) is 0 Å². The lowest BCUT2D eigenvalue weighted by molar-refractivity contribution is 0.0954. The van der Waals surface area contributed by atoms with Gasteiger partial charge < -0.3 is 10.2 Å². The van der Waals surface area contributed by atoms with Gasteiger partial charge in [-0.2, -0.15) is 5.10 Å². The summed E-state index contributed by atoms with van der Waals surface area (Å²) in [5.74, 6) is -0.534. The van der Waals surface area contributed by atoms with E-state index in [4.69, 9.17) is 5.11 Å². The van der Waals surface area contributed by atoms with Gasteiger partial charge in [-0.1, -0.05) is 12.1 Å². The van der Waals surface area contributed by atoms with E-state index in [-0.39, 0.29) is 17.4 Å². The number of hydrogen-bond acceptors (Lipinski definition) is 4. The summed E-state index contributed by atoms with van der Waals surface area (Å²) >= 11 is 3.27. The number of hydrazone groups is 1. The Kier molecular flexibility index (Phi) is 4.37. The Balaban J connectivity index is 2.07. The molecule has 0 unspecified atom stereocenters. The quantitative estimate of drug-likeness (QED) is 0.596. The number of rotatable bonds is 3. The number of halogens is 1. The van der Waals surface area contributed by atoms with E-state index < -0.39 is 0 Å². The van der Waals surface area contributed by atoms with E-state index in [0.29, 0.717) is 15.6 Å². The average molecular weight is 335 g/mol. The molecular weight excluding hydrogens is 324 g/mol. The topological polar surface area (TPSA) is 81.9 Å². The summed E-state index contributed by atoms with van der Waals surface area (Å²) in [6, 6.07) is 11.1. The maximum absolute atomic E-state index is 11.8. The molecule has 6 heteroatoms. The summed E-state index contributed by atoms with van der Waals surface area (Å²) in [6.07, 6.45) is 1.30. The number of nitrogens with zero attached hydrogens (tertiary/aromatic N) is 1. The summed E-state index contributed by atoms with van der Waals surface area (Å²) in [6.45, 7) is 0. The minimum absolute atomic E-state index is 0.0445. The molecule has 2 aromatic carbocycles. The van der Waals surface area contributed by atoms with Gasteiger partial charge in [0.15, 0.2) is 0 Å². The highest BCUT2D eigenvalue weighted by Gasteiger charge is 2.07. The van der Waals surface area contributed by atoms with Crippen LogP contribution in [-0.4, -0.2) is 22.3 Å². The van der Waals surface area contributed by atoms with E-state index in [1.807, 2.05) is 0 Å². The Morgan fingerprint density at radius 2 is 1.95 bits per heavy atom. The number of hydrogen-bond donors (Lipinski definition) is 3. The molecule has 20 heavy (non-hydrogen) atoms. The fraction of sp³-hybridized carbons (Fsp3) is 0. The molecule has 0 bridgehead atoms. The van der Waals surface area contributed by atoms with Crippen LogP contribution >= 0.6 is 15.9 Å². The SMILES string of the molecule is O=C(NN=Cc1ccc(O)cc1O)c1ccccc1Br. The molecule has 0 aliphatic rings. The van der Waals surface area contributed by atoms with Crippen molar-refractivity contribution in [2.75, 3.05) is 0 Å². The van der Waals surface area contributed by atoms with Crippen LogP contribution in [0.3, 0.4) is 0 Å². The first kappa shape index (κ1) is 14.1. The first-order valence-electron chi connectivity index (χ1n) is 5.68. The lowest BCUT2D eigenvalue weighted by atomic mass is 10.2. The minimum Gasteiger partial charge on any atom is -0.508 e. The molecule has 2 rings (SSSR count). The predicted molar refractivity (Wildman–Crippen MR) is 79.0 cm³/mol. The fourth-order valence-corrected chi connectivity index (χ4v) is 1.97. The van der Waals surface area contributed by atoms with E-state index in [2.05, 4.69) is 26.5 Å². The van der Waals surface area contributed by atoms with Crippen molar-refractivity contribution in [3.05, 3.63) is 58.1 Å². The molecule has 0 atom stereocenters. The Labute approximate surface area is 123 Å². The van der Waals surface area contributed by atoms with E-state index in [9.17, 15) is 9.90 Å². The highest BCUT2D eigenvalue weighted by molar-refractivity contribution is 9.10. The van der Waals surface area contributed by atoms with Gasteiger partial charge in [0.1, 0.15) is 11.5 Å². The standard InChI is InChI=1S/C14H11BrN2O3/c15-12-4-2-1-3-11(12)14(20)17-16-8-9-5-6-10(18)7-13(9)19/h1-8,18-19H,(H,17,20). The van der Waals surface area contributed by atoms with Gasteiger partial charge in [-0.15, -0.1) is 0 Å². The van der Waals surface area contributed by atoms with Gasteiger partial charge in [-0.25, -0.2) is 5.43 Å². The molecule has 1 amide bonds. The number of benzene rings is 2. The van der Waals surface area contributed by atoms with Crippen LogP contribution in [0.5, 0.6) is 11.5 Å². The van der Waals surface area contributed by atoms with Gasteiger partial charge in [0, 0.05) is 16.1 Å². The molecule has 0 saturated carbocycles. The van der Waals surface area contributed by atoms with Gasteiger partial charge in [-0.05, 0) is 40.2 Å². The van der Waals surface area contributed by atoms with Crippen LogP contribution in [0.15, 0.2) is 52.0 Å². The lowest BCUT2D eigenvalue weighted by Crippen LogP contribution is -2.18. The number of nitrogens with one attached hydrogen (secondary N) is 1. The van der Waals surface area contributed by atoms with Crippen molar-refractivity contribution < 1.29 is 15.0 Å². The Hall–Kier alpha value is -2.34. The third-order valence-corrected chi connectivity index (χ3v) is 3.19. The second-order valence-electron chi connectivity index (χ2n) is 3.92. The van der Waals surface area contributed by atoms with E-state index in [1.165, 1.54) is 24.4 Å². The van der Waals surface area contributed by atoms with Crippen molar-refractivity contribution in [2.45, 2.75) is 0 Å². The first-order chi connectivity index (χ1) is 9.58. The van der Waals surface area contributed by atoms with E-state index in [1.54, 1.807) is 24.3 Å². The Morgan fingerprint density at radius 3 is 2.65 bits per heavy atom. The smallest absolute Gasteiger partial charge is 0.272 e. The maximum Gasteiger partial charge on any atom is 0.272 e. The summed E-state index contributed by atoms with van der Waals surface area (Å²) in [5, 5.41) is 22.5. The highest BCUT2D eigenvalue weighted by atomic mass is 79.9. The van der Waals surface area contributed by atoms with Crippen molar-refractivity contribution in [1.82, 2.24) is 5.43 Å². The molecule has 5 nitrogen and oxygen atoms in total. The molecule has 3 N–H and O–H groups in total. The van der Waals surface area contributed by atoms with Crippen molar-refractivity contribution in [2.24, 2.45) is 5.10 Å². The molecule has 0 radical (unpaired) electrons. The number of carbonyl (C=O) groups excluding carboxylic acids is 1. The summed E-state index contributed by atoms with van der Waals surface area (Å²) in [7, 11) is 0. The summed E-state index contributed by atoms with van der Waals surface area (Å²) in [5.41, 5.74) is 3.20. The number of phenolic OH excluding ortho intramolecular Hbond substituents is 2. The molecule has 0 aliphatic carbocycles. The second-order valence-corrected chi connectivity index (χ2v) is 4.78. The average Bonchev–Trinajstić information content (AvgIpc) is 2.41. The van der Waals surface area contributed by atoms with Crippen molar-refractivity contribution in [3.8, 4) is 11.5 Å². The van der Waals surface area contributed by atoms with Crippen molar-refractivity contribution >= 4 is 28.1 Å². The van der Waals surface area contributed by atoms with Gasteiger partial charge in [0.2, 0.25) is 0 Å². The molecule has 0 aliphatic heterocycles. The fourth-order valence-electron chi connectivity index (χ4n) is 1.51. The minimum atomic E-state index is -0.369. The largest absolute Gasteiger partial charge is 0.508 e. The number of carbonyl (C=O) groups is 1. The van der Waals surface area contributed by atoms with E-state index >= 15 is 0 Å². The Morgan fingerprint density at radius 1 is 1.20 bits per heavy atom. The zero-order valence-corrected chi connectivity index (χ0v) is 11.8. The van der Waals surface area contributed by atoms with Crippen LogP contribution in [0.4, 0.5) is 0 Å². The maximum atomic E-state index is 11.8. The lowest BCUT2D eigenvalue weighted by Gasteiger charge is -2.02. The van der Waals surface area contributed by atoms with Crippen LogP contribution in [0, 0.1) is 0 Å². The summed E-state index contributed by atoms with van der Waals surface area (Å²) in [4.78, 5) is 11.8. The zero-order valence-electron chi connectivity index (χ0n) is 10.2. The Bertz CT molecular complexity index is 671. The third-order valence-electron chi connectivity index (χ3n) is 2.50. The molecule has 0 saturated heterocycles. The van der Waals surface area contributed by atoms with Gasteiger partial charge in [0.25, 0.3) is 5.91 Å². The molecule has 0 heterocycles.